The Morgan fingerprint density at radius 2 is 1.85 bits per heavy atom. The van der Waals surface area contributed by atoms with Crippen molar-refractivity contribution in [3.8, 4) is 5.75 Å². The standard InChI is InChI=1S/C19H21BrN2O3S/c20-17-2-1-3-18(13-17)26(23,24)22-9-7-21(8-10-22)14-15-4-5-19-16(12-15)6-11-25-19/h1-5,12-13H,6-11,14H2. The van der Waals surface area contributed by atoms with E-state index in [4.69, 9.17) is 4.74 Å². The van der Waals surface area contributed by atoms with Crippen molar-refractivity contribution in [2.24, 2.45) is 0 Å². The second-order valence-corrected chi connectivity index (χ2v) is 9.53. The molecular weight excluding hydrogens is 416 g/mol. The maximum atomic E-state index is 12.8. The van der Waals surface area contributed by atoms with Crippen LogP contribution in [0, 0.1) is 0 Å². The Morgan fingerprint density at radius 3 is 2.62 bits per heavy atom. The van der Waals surface area contributed by atoms with Gasteiger partial charge in [0, 0.05) is 43.6 Å². The van der Waals surface area contributed by atoms with Crippen LogP contribution in [-0.2, 0) is 23.0 Å². The van der Waals surface area contributed by atoms with E-state index in [9.17, 15) is 8.42 Å². The zero-order valence-electron chi connectivity index (χ0n) is 14.4. The highest BCUT2D eigenvalue weighted by atomic mass is 79.9. The number of nitrogens with zero attached hydrogens (tertiary/aromatic N) is 2. The lowest BCUT2D eigenvalue weighted by atomic mass is 10.1. The van der Waals surface area contributed by atoms with Crippen LogP contribution in [0.2, 0.25) is 0 Å². The number of sulfonamides is 1. The van der Waals surface area contributed by atoms with Crippen molar-refractivity contribution in [2.75, 3.05) is 32.8 Å². The molecule has 0 amide bonds. The number of hydrogen-bond donors (Lipinski definition) is 0. The van der Waals surface area contributed by atoms with Crippen molar-refractivity contribution in [2.45, 2.75) is 17.9 Å². The molecule has 0 spiro atoms. The number of benzene rings is 2. The summed E-state index contributed by atoms with van der Waals surface area (Å²) in [6.07, 6.45) is 0.974. The predicted molar refractivity (Wildman–Crippen MR) is 104 cm³/mol. The minimum absolute atomic E-state index is 0.346. The largest absolute Gasteiger partial charge is 0.493 e. The normalized spacial score (nSPS) is 18.5. The lowest BCUT2D eigenvalue weighted by Gasteiger charge is -2.34. The Kier molecular flexibility index (Phi) is 5.05. The molecule has 5 nitrogen and oxygen atoms in total. The highest BCUT2D eigenvalue weighted by Gasteiger charge is 2.28. The first-order chi connectivity index (χ1) is 12.5. The van der Waals surface area contributed by atoms with Gasteiger partial charge < -0.3 is 4.74 Å². The molecule has 1 fully saturated rings. The van der Waals surface area contributed by atoms with Gasteiger partial charge in [-0.25, -0.2) is 8.42 Å². The fourth-order valence-electron chi connectivity index (χ4n) is 3.50. The van der Waals surface area contributed by atoms with Gasteiger partial charge in [-0.1, -0.05) is 34.1 Å². The third-order valence-electron chi connectivity index (χ3n) is 4.93. The smallest absolute Gasteiger partial charge is 0.243 e. The highest BCUT2D eigenvalue weighted by Crippen LogP contribution is 2.27. The van der Waals surface area contributed by atoms with Gasteiger partial charge in [0.1, 0.15) is 5.75 Å². The number of piperazine rings is 1. The van der Waals surface area contributed by atoms with Crippen LogP contribution >= 0.6 is 15.9 Å². The molecule has 2 aliphatic rings. The molecule has 7 heteroatoms. The number of fused-ring (bicyclic) bond motifs is 1. The maximum absolute atomic E-state index is 12.8. The molecule has 0 atom stereocenters. The summed E-state index contributed by atoms with van der Waals surface area (Å²) in [5, 5.41) is 0. The zero-order valence-corrected chi connectivity index (χ0v) is 16.8. The summed E-state index contributed by atoms with van der Waals surface area (Å²) in [7, 11) is -3.43. The van der Waals surface area contributed by atoms with Gasteiger partial charge in [-0.15, -0.1) is 0 Å². The molecule has 2 aromatic carbocycles. The second kappa shape index (κ2) is 7.31. The molecule has 0 unspecified atom stereocenters. The number of hydrogen-bond acceptors (Lipinski definition) is 4. The van der Waals surface area contributed by atoms with E-state index in [1.165, 1.54) is 11.1 Å². The van der Waals surface area contributed by atoms with Gasteiger partial charge in [0.2, 0.25) is 10.0 Å². The molecule has 0 aromatic heterocycles. The van der Waals surface area contributed by atoms with Crippen molar-refractivity contribution in [3.05, 3.63) is 58.1 Å². The molecule has 138 valence electrons. The summed E-state index contributed by atoms with van der Waals surface area (Å²) >= 11 is 3.35. The Labute approximate surface area is 162 Å². The quantitative estimate of drug-likeness (QED) is 0.739. The minimum Gasteiger partial charge on any atom is -0.493 e. The van der Waals surface area contributed by atoms with Crippen molar-refractivity contribution in [1.82, 2.24) is 9.21 Å². The van der Waals surface area contributed by atoms with Crippen LogP contribution in [0.3, 0.4) is 0 Å². The van der Waals surface area contributed by atoms with Gasteiger partial charge in [0.15, 0.2) is 0 Å². The fourth-order valence-corrected chi connectivity index (χ4v) is 5.52. The van der Waals surface area contributed by atoms with Gasteiger partial charge in [0.25, 0.3) is 0 Å². The van der Waals surface area contributed by atoms with E-state index >= 15 is 0 Å². The van der Waals surface area contributed by atoms with Gasteiger partial charge in [-0.3, -0.25) is 4.90 Å². The van der Waals surface area contributed by atoms with Crippen molar-refractivity contribution >= 4 is 26.0 Å². The van der Waals surface area contributed by atoms with Gasteiger partial charge in [0.05, 0.1) is 11.5 Å². The van der Waals surface area contributed by atoms with Crippen LogP contribution in [0.4, 0.5) is 0 Å². The molecule has 2 heterocycles. The van der Waals surface area contributed by atoms with Crippen molar-refractivity contribution in [1.29, 1.82) is 0 Å². The van der Waals surface area contributed by atoms with Crippen LogP contribution in [0.5, 0.6) is 5.75 Å². The monoisotopic (exact) mass is 436 g/mol. The first kappa shape index (κ1) is 18.0. The van der Waals surface area contributed by atoms with Crippen molar-refractivity contribution < 1.29 is 13.2 Å². The predicted octanol–water partition coefficient (Wildman–Crippen LogP) is 2.89. The first-order valence-corrected chi connectivity index (χ1v) is 11.0. The SMILES string of the molecule is O=S(=O)(c1cccc(Br)c1)N1CCN(Cc2ccc3c(c2)CCO3)CC1. The van der Waals surface area contributed by atoms with Gasteiger partial charge in [-0.2, -0.15) is 4.31 Å². The lowest BCUT2D eigenvalue weighted by Crippen LogP contribution is -2.48. The number of halogens is 1. The minimum atomic E-state index is -3.43. The molecular formula is C19H21BrN2O3S. The average molecular weight is 437 g/mol. The summed E-state index contributed by atoms with van der Waals surface area (Å²) in [6, 6.07) is 13.3. The highest BCUT2D eigenvalue weighted by molar-refractivity contribution is 9.10. The topological polar surface area (TPSA) is 49.9 Å². The van der Waals surface area contributed by atoms with Crippen molar-refractivity contribution in [3.63, 3.8) is 0 Å². The summed E-state index contributed by atoms with van der Waals surface area (Å²) in [5.41, 5.74) is 2.54. The average Bonchev–Trinajstić information content (AvgIpc) is 3.10. The molecule has 0 bridgehead atoms. The van der Waals surface area contributed by atoms with E-state index in [0.717, 1.165) is 42.9 Å². The number of rotatable bonds is 4. The van der Waals surface area contributed by atoms with E-state index in [1.807, 2.05) is 12.1 Å². The Bertz CT molecular complexity index is 909. The van der Waals surface area contributed by atoms with Crippen LogP contribution in [0.15, 0.2) is 51.8 Å². The maximum Gasteiger partial charge on any atom is 0.243 e. The molecule has 4 rings (SSSR count). The summed E-state index contributed by atoms with van der Waals surface area (Å²) in [5.74, 6) is 0.999. The molecule has 0 saturated carbocycles. The fraction of sp³-hybridized carbons (Fsp3) is 0.368. The van der Waals surface area contributed by atoms with Gasteiger partial charge >= 0.3 is 0 Å². The molecule has 0 N–H and O–H groups in total. The summed E-state index contributed by atoms with van der Waals surface area (Å²) in [4.78, 5) is 2.66. The zero-order chi connectivity index (χ0) is 18.1. The third kappa shape index (κ3) is 3.67. The Balaban J connectivity index is 1.39. The second-order valence-electron chi connectivity index (χ2n) is 6.68. The first-order valence-electron chi connectivity index (χ1n) is 8.75. The summed E-state index contributed by atoms with van der Waals surface area (Å²) < 4.78 is 33.5. The molecule has 2 aliphatic heterocycles. The molecule has 0 radical (unpaired) electrons. The van der Waals surface area contributed by atoms with E-state index in [2.05, 4.69) is 33.0 Å². The van der Waals surface area contributed by atoms with E-state index < -0.39 is 10.0 Å². The van der Waals surface area contributed by atoms with E-state index in [1.54, 1.807) is 22.5 Å². The molecule has 0 aliphatic carbocycles. The van der Waals surface area contributed by atoms with Gasteiger partial charge in [-0.05, 0) is 35.4 Å². The third-order valence-corrected chi connectivity index (χ3v) is 7.31. The van der Waals surface area contributed by atoms with E-state index in [0.29, 0.717) is 18.0 Å². The number of ether oxygens (including phenoxy) is 1. The Hall–Kier alpha value is -1.41. The lowest BCUT2D eigenvalue weighted by molar-refractivity contribution is 0.181. The van der Waals surface area contributed by atoms with E-state index in [-0.39, 0.29) is 0 Å². The molecule has 1 saturated heterocycles. The molecule has 2 aromatic rings. The van der Waals surface area contributed by atoms with Crippen LogP contribution in [0.25, 0.3) is 0 Å². The summed E-state index contributed by atoms with van der Waals surface area (Å²) in [6.45, 7) is 4.12. The molecule has 26 heavy (non-hydrogen) atoms. The Morgan fingerprint density at radius 1 is 1.04 bits per heavy atom. The van der Waals surface area contributed by atoms with Crippen LogP contribution in [-0.4, -0.2) is 50.4 Å². The van der Waals surface area contributed by atoms with Crippen LogP contribution < -0.4 is 4.74 Å². The van der Waals surface area contributed by atoms with Crippen LogP contribution in [0.1, 0.15) is 11.1 Å².